The Morgan fingerprint density at radius 1 is 0.960 bits per heavy atom. The molecule has 0 fully saturated rings. The van der Waals surface area contributed by atoms with E-state index in [1.807, 2.05) is 12.1 Å². The smallest absolute Gasteiger partial charge is 0.306 e. The van der Waals surface area contributed by atoms with Gasteiger partial charge in [0.05, 0.1) is 6.42 Å². The number of hydrogen-bond acceptors (Lipinski definition) is 4. The zero-order chi connectivity index (χ0) is 18.2. The number of hydrogen-bond donors (Lipinski definition) is 1. The minimum atomic E-state index is -0.645. The van der Waals surface area contributed by atoms with Crippen LogP contribution in [0.5, 0.6) is 0 Å². The number of ether oxygens (including phenoxy) is 1. The first-order valence-corrected chi connectivity index (χ1v) is 8.52. The fourth-order valence-corrected chi connectivity index (χ4v) is 2.30. The summed E-state index contributed by atoms with van der Waals surface area (Å²) in [5, 5.41) is 2.60. The Kier molecular flexibility index (Phi) is 7.05. The van der Waals surface area contributed by atoms with Crippen LogP contribution in [-0.2, 0) is 14.3 Å². The molecule has 0 saturated carbocycles. The second-order valence-corrected chi connectivity index (χ2v) is 6.39. The number of ketones is 1. The van der Waals surface area contributed by atoms with Gasteiger partial charge in [-0.05, 0) is 71.1 Å². The van der Waals surface area contributed by atoms with Crippen molar-refractivity contribution >= 4 is 45.9 Å². The summed E-state index contributed by atoms with van der Waals surface area (Å²) in [5.74, 6) is -1.83. The highest BCUT2D eigenvalue weighted by molar-refractivity contribution is 14.1. The third kappa shape index (κ3) is 6.61. The van der Waals surface area contributed by atoms with Crippen molar-refractivity contribution in [2.24, 2.45) is 0 Å². The zero-order valence-corrected chi connectivity index (χ0v) is 15.3. The van der Waals surface area contributed by atoms with Crippen LogP contribution in [-0.4, -0.2) is 24.3 Å². The Labute approximate surface area is 157 Å². The Hall–Kier alpha value is -2.29. The van der Waals surface area contributed by atoms with Crippen LogP contribution in [0.25, 0.3) is 0 Å². The molecule has 2 rings (SSSR count). The maximum absolute atomic E-state index is 12.8. The SMILES string of the molecule is O=C(COC(=O)CCC(=O)c1ccc(F)cc1)Nc1ccc(I)cc1. The molecule has 0 aromatic heterocycles. The number of carbonyl (C=O) groups is 3. The monoisotopic (exact) mass is 455 g/mol. The molecule has 7 heteroatoms. The van der Waals surface area contributed by atoms with Crippen LogP contribution < -0.4 is 5.32 Å². The van der Waals surface area contributed by atoms with Crippen LogP contribution >= 0.6 is 22.6 Å². The minimum absolute atomic E-state index is 0.0663. The van der Waals surface area contributed by atoms with Crippen molar-refractivity contribution in [2.75, 3.05) is 11.9 Å². The minimum Gasteiger partial charge on any atom is -0.456 e. The number of halogens is 2. The summed E-state index contributed by atoms with van der Waals surface area (Å²) >= 11 is 2.15. The van der Waals surface area contributed by atoms with E-state index in [0.717, 1.165) is 3.57 Å². The lowest BCUT2D eigenvalue weighted by Gasteiger charge is -2.07. The molecule has 0 bridgehead atoms. The summed E-state index contributed by atoms with van der Waals surface area (Å²) in [6, 6.07) is 12.2. The molecule has 130 valence electrons. The van der Waals surface area contributed by atoms with Gasteiger partial charge < -0.3 is 10.1 Å². The number of nitrogens with one attached hydrogen (secondary N) is 1. The van der Waals surface area contributed by atoms with Crippen LogP contribution in [0.2, 0.25) is 0 Å². The van der Waals surface area contributed by atoms with Crippen molar-refractivity contribution in [1.29, 1.82) is 0 Å². The van der Waals surface area contributed by atoms with E-state index in [0.29, 0.717) is 11.3 Å². The first kappa shape index (κ1) is 19.0. The second-order valence-electron chi connectivity index (χ2n) is 5.15. The molecule has 5 nitrogen and oxygen atoms in total. The van der Waals surface area contributed by atoms with Gasteiger partial charge in [0.1, 0.15) is 5.82 Å². The second kappa shape index (κ2) is 9.26. The number of amides is 1. The van der Waals surface area contributed by atoms with Crippen molar-refractivity contribution in [1.82, 2.24) is 0 Å². The summed E-state index contributed by atoms with van der Waals surface area (Å²) in [4.78, 5) is 35.2. The zero-order valence-electron chi connectivity index (χ0n) is 13.1. The average molecular weight is 455 g/mol. The normalized spacial score (nSPS) is 10.2. The molecule has 0 heterocycles. The quantitative estimate of drug-likeness (QED) is 0.394. The van der Waals surface area contributed by atoms with Crippen LogP contribution in [0, 0.1) is 9.39 Å². The first-order valence-electron chi connectivity index (χ1n) is 7.44. The summed E-state index contributed by atoms with van der Waals surface area (Å²) in [7, 11) is 0. The standard InChI is InChI=1S/C18H15FINO4/c19-13-3-1-12(2-4-13)16(22)9-10-18(24)25-11-17(23)21-15-7-5-14(20)6-8-15/h1-8H,9-11H2,(H,21,23). The molecule has 0 radical (unpaired) electrons. The Morgan fingerprint density at radius 2 is 1.60 bits per heavy atom. The molecular weight excluding hydrogens is 440 g/mol. The van der Waals surface area contributed by atoms with Crippen LogP contribution in [0.4, 0.5) is 10.1 Å². The van der Waals surface area contributed by atoms with Crippen LogP contribution in [0.1, 0.15) is 23.2 Å². The van der Waals surface area contributed by atoms with Gasteiger partial charge in [-0.25, -0.2) is 4.39 Å². The molecule has 25 heavy (non-hydrogen) atoms. The third-order valence-corrected chi connectivity index (χ3v) is 3.93. The maximum Gasteiger partial charge on any atom is 0.306 e. The Morgan fingerprint density at radius 3 is 2.24 bits per heavy atom. The maximum atomic E-state index is 12.8. The van der Waals surface area contributed by atoms with Gasteiger partial charge in [0.2, 0.25) is 0 Å². The third-order valence-electron chi connectivity index (χ3n) is 3.21. The highest BCUT2D eigenvalue weighted by Gasteiger charge is 2.12. The van der Waals surface area contributed by atoms with Gasteiger partial charge in [-0.15, -0.1) is 0 Å². The van der Waals surface area contributed by atoms with Crippen molar-refractivity contribution in [3.63, 3.8) is 0 Å². The molecule has 0 atom stereocenters. The van der Waals surface area contributed by atoms with Gasteiger partial charge in [-0.3, -0.25) is 14.4 Å². The molecule has 2 aromatic carbocycles. The van der Waals surface area contributed by atoms with E-state index < -0.39 is 24.3 Å². The fraction of sp³-hybridized carbons (Fsp3) is 0.167. The lowest BCUT2D eigenvalue weighted by molar-refractivity contribution is -0.147. The first-order chi connectivity index (χ1) is 11.9. The lowest BCUT2D eigenvalue weighted by Crippen LogP contribution is -2.21. The van der Waals surface area contributed by atoms with E-state index in [1.165, 1.54) is 24.3 Å². The lowest BCUT2D eigenvalue weighted by atomic mass is 10.1. The summed E-state index contributed by atoms with van der Waals surface area (Å²) in [6.45, 7) is -0.421. The number of benzene rings is 2. The summed E-state index contributed by atoms with van der Waals surface area (Å²) in [5.41, 5.74) is 0.929. The number of anilines is 1. The average Bonchev–Trinajstić information content (AvgIpc) is 2.60. The van der Waals surface area contributed by atoms with E-state index in [-0.39, 0.29) is 18.6 Å². The van der Waals surface area contributed by atoms with E-state index >= 15 is 0 Å². The van der Waals surface area contributed by atoms with Crippen LogP contribution in [0.15, 0.2) is 48.5 Å². The number of rotatable bonds is 7. The molecule has 0 aliphatic rings. The van der Waals surface area contributed by atoms with Gasteiger partial charge in [0, 0.05) is 21.2 Å². The van der Waals surface area contributed by atoms with Crippen molar-refractivity contribution in [2.45, 2.75) is 12.8 Å². The van der Waals surface area contributed by atoms with E-state index in [9.17, 15) is 18.8 Å². The Balaban J connectivity index is 1.71. The summed E-state index contributed by atoms with van der Waals surface area (Å²) < 4.78 is 18.7. The predicted octanol–water partition coefficient (Wildman–Crippen LogP) is 3.58. The number of carbonyl (C=O) groups excluding carboxylic acids is 3. The molecule has 2 aromatic rings. The molecule has 0 saturated heterocycles. The molecule has 0 aliphatic heterocycles. The molecule has 0 unspecified atom stereocenters. The largest absolute Gasteiger partial charge is 0.456 e. The molecule has 0 aliphatic carbocycles. The predicted molar refractivity (Wildman–Crippen MR) is 98.7 cm³/mol. The van der Waals surface area contributed by atoms with Gasteiger partial charge in [0.25, 0.3) is 5.91 Å². The van der Waals surface area contributed by atoms with Crippen molar-refractivity contribution in [3.05, 3.63) is 63.5 Å². The van der Waals surface area contributed by atoms with Crippen molar-refractivity contribution in [3.8, 4) is 0 Å². The van der Waals surface area contributed by atoms with Crippen molar-refractivity contribution < 1.29 is 23.5 Å². The molecule has 1 N–H and O–H groups in total. The summed E-state index contributed by atoms with van der Waals surface area (Å²) in [6.07, 6.45) is -0.212. The van der Waals surface area contributed by atoms with Gasteiger partial charge in [0.15, 0.2) is 12.4 Å². The molecule has 1 amide bonds. The van der Waals surface area contributed by atoms with Crippen LogP contribution in [0.3, 0.4) is 0 Å². The molecular formula is C18H15FINO4. The number of esters is 1. The molecule has 0 spiro atoms. The number of Topliss-reactive ketones (excluding diaryl/α,β-unsaturated/α-hetero) is 1. The van der Waals surface area contributed by atoms with Gasteiger partial charge >= 0.3 is 5.97 Å². The Bertz CT molecular complexity index is 760. The van der Waals surface area contributed by atoms with E-state index in [2.05, 4.69) is 27.9 Å². The van der Waals surface area contributed by atoms with Gasteiger partial charge in [-0.2, -0.15) is 0 Å². The highest BCUT2D eigenvalue weighted by Crippen LogP contribution is 2.11. The van der Waals surface area contributed by atoms with E-state index in [1.54, 1.807) is 12.1 Å². The fourth-order valence-electron chi connectivity index (χ4n) is 1.94. The highest BCUT2D eigenvalue weighted by atomic mass is 127. The topological polar surface area (TPSA) is 72.5 Å². The van der Waals surface area contributed by atoms with Gasteiger partial charge in [-0.1, -0.05) is 0 Å². The van der Waals surface area contributed by atoms with E-state index in [4.69, 9.17) is 4.74 Å².